The maximum atomic E-state index is 13.0. The number of carbonyl (C=O) groups excluding carboxylic acids is 3. The van der Waals surface area contributed by atoms with Crippen LogP contribution < -0.4 is 16.2 Å². The van der Waals surface area contributed by atoms with Crippen molar-refractivity contribution in [2.75, 3.05) is 13.1 Å². The molecule has 1 aliphatic heterocycles. The van der Waals surface area contributed by atoms with Crippen molar-refractivity contribution in [2.45, 2.75) is 24.9 Å². The second-order valence-electron chi connectivity index (χ2n) is 8.74. The van der Waals surface area contributed by atoms with Gasteiger partial charge in [-0.25, -0.2) is 0 Å². The van der Waals surface area contributed by atoms with E-state index in [4.69, 9.17) is 11.6 Å². The van der Waals surface area contributed by atoms with Gasteiger partial charge in [0.2, 0.25) is 5.91 Å². The van der Waals surface area contributed by atoms with Crippen molar-refractivity contribution >= 4 is 40.7 Å². The number of nitrogens with one attached hydrogen (secondary N) is 2. The third-order valence-electron chi connectivity index (χ3n) is 6.22. The van der Waals surface area contributed by atoms with E-state index in [-0.39, 0.29) is 29.2 Å². The number of hydrogen-bond acceptors (Lipinski definition) is 5. The minimum absolute atomic E-state index is 0.0471. The molecule has 0 spiro atoms. The topological polar surface area (TPSA) is 101 Å². The average Bonchev–Trinajstić information content (AvgIpc) is 3.50. The van der Waals surface area contributed by atoms with Crippen LogP contribution in [0.15, 0.2) is 65.6 Å². The van der Waals surface area contributed by atoms with Crippen LogP contribution >= 0.6 is 22.9 Å². The second-order valence-corrected chi connectivity index (χ2v) is 10.5. The van der Waals surface area contributed by atoms with Gasteiger partial charge in [0, 0.05) is 42.5 Å². The third kappa shape index (κ3) is 5.16. The van der Waals surface area contributed by atoms with E-state index in [1.165, 1.54) is 22.0 Å². The van der Waals surface area contributed by atoms with E-state index in [1.807, 2.05) is 0 Å². The number of likely N-dealkylation sites (tertiary alicyclic amines) is 1. The molecule has 0 unspecified atom stereocenters. The van der Waals surface area contributed by atoms with E-state index < -0.39 is 12.1 Å². The number of amides is 3. The molecule has 180 valence electrons. The lowest BCUT2D eigenvalue weighted by Crippen LogP contribution is -2.50. The molecule has 3 heterocycles. The Balaban J connectivity index is 1.30. The van der Waals surface area contributed by atoms with E-state index >= 15 is 0 Å². The van der Waals surface area contributed by atoms with Crippen LogP contribution in [0.25, 0.3) is 5.69 Å². The Hall–Kier alpha value is -3.43. The summed E-state index contributed by atoms with van der Waals surface area (Å²) in [6, 6.07) is 14.0. The van der Waals surface area contributed by atoms with Gasteiger partial charge >= 0.3 is 0 Å². The van der Waals surface area contributed by atoms with E-state index in [9.17, 15) is 19.2 Å². The number of nitrogens with zero attached hydrogens (tertiary/aromatic N) is 2. The number of carbonyl (C=O) groups is 3. The first-order chi connectivity index (χ1) is 16.9. The first-order valence-corrected chi connectivity index (χ1v) is 12.5. The van der Waals surface area contributed by atoms with Gasteiger partial charge in [-0.3, -0.25) is 23.7 Å². The number of pyridine rings is 1. The Labute approximate surface area is 210 Å². The van der Waals surface area contributed by atoms with Gasteiger partial charge in [-0.1, -0.05) is 17.7 Å². The van der Waals surface area contributed by atoms with Crippen LogP contribution in [-0.4, -0.2) is 52.4 Å². The van der Waals surface area contributed by atoms with Crippen LogP contribution in [0.4, 0.5) is 0 Å². The van der Waals surface area contributed by atoms with Gasteiger partial charge in [-0.2, -0.15) is 0 Å². The van der Waals surface area contributed by atoms with E-state index in [2.05, 4.69) is 10.6 Å². The summed E-state index contributed by atoms with van der Waals surface area (Å²) < 4.78 is 2.00. The van der Waals surface area contributed by atoms with E-state index in [0.29, 0.717) is 33.6 Å². The first-order valence-electron chi connectivity index (χ1n) is 11.3. The molecule has 0 radical (unpaired) electrons. The molecule has 2 fully saturated rings. The first kappa shape index (κ1) is 23.3. The molecule has 35 heavy (non-hydrogen) atoms. The van der Waals surface area contributed by atoms with Crippen LogP contribution in [-0.2, 0) is 4.79 Å². The molecule has 5 rings (SSSR count). The standard InChI is InChI=1S/C25H23ClN4O4S/c26-21-11-10-20(35-21)24(33)28-19-14-29(25(34)16-4-5-16)13-18(19)27-23(32)15-6-8-17(9-7-15)30-12-2-1-3-22(30)31/h1-3,6-12,16,18-19H,4-5,13-14H2,(H,27,32)(H,28,33)/t18-,19+/m0/s1. The van der Waals surface area contributed by atoms with E-state index in [1.54, 1.807) is 59.6 Å². The quantitative estimate of drug-likeness (QED) is 0.532. The zero-order valence-corrected chi connectivity index (χ0v) is 20.2. The number of benzene rings is 1. The highest BCUT2D eigenvalue weighted by molar-refractivity contribution is 7.18. The SMILES string of the molecule is O=C(N[C@H]1CN(C(=O)C2CC2)C[C@H]1NC(=O)c1ccc(Cl)s1)c1ccc(-n2ccccc2=O)cc1. The molecule has 10 heteroatoms. The lowest BCUT2D eigenvalue weighted by molar-refractivity contribution is -0.131. The van der Waals surface area contributed by atoms with Gasteiger partial charge in [0.05, 0.1) is 21.3 Å². The number of hydrogen-bond donors (Lipinski definition) is 2. The number of rotatable bonds is 6. The molecular formula is C25H23ClN4O4S. The lowest BCUT2D eigenvalue weighted by Gasteiger charge is -2.20. The van der Waals surface area contributed by atoms with Gasteiger partial charge in [-0.05, 0) is 55.3 Å². The van der Waals surface area contributed by atoms with Gasteiger partial charge in [-0.15, -0.1) is 11.3 Å². The normalized spacial score (nSPS) is 19.4. The molecule has 0 bridgehead atoms. The second kappa shape index (κ2) is 9.67. The third-order valence-corrected chi connectivity index (χ3v) is 7.45. The summed E-state index contributed by atoms with van der Waals surface area (Å²) in [7, 11) is 0. The zero-order chi connectivity index (χ0) is 24.5. The maximum absolute atomic E-state index is 13.0. The largest absolute Gasteiger partial charge is 0.345 e. The van der Waals surface area contributed by atoms with Crippen molar-refractivity contribution in [3.05, 3.63) is 85.9 Å². The van der Waals surface area contributed by atoms with Gasteiger partial charge in [0.15, 0.2) is 0 Å². The van der Waals surface area contributed by atoms with Crippen molar-refractivity contribution in [3.63, 3.8) is 0 Å². The Morgan fingerprint density at radius 3 is 2.17 bits per heavy atom. The van der Waals surface area contributed by atoms with Crippen LogP contribution in [0.2, 0.25) is 4.34 Å². The van der Waals surface area contributed by atoms with Crippen molar-refractivity contribution < 1.29 is 14.4 Å². The van der Waals surface area contributed by atoms with Crippen LogP contribution in [0.3, 0.4) is 0 Å². The molecule has 2 N–H and O–H groups in total. The Morgan fingerprint density at radius 1 is 0.886 bits per heavy atom. The molecular weight excluding hydrogens is 488 g/mol. The van der Waals surface area contributed by atoms with Crippen LogP contribution in [0.5, 0.6) is 0 Å². The smallest absolute Gasteiger partial charge is 0.261 e. The summed E-state index contributed by atoms with van der Waals surface area (Å²) in [6.07, 6.45) is 3.43. The lowest BCUT2D eigenvalue weighted by atomic mass is 10.1. The number of halogens is 1. The number of thiophene rings is 1. The molecule has 8 nitrogen and oxygen atoms in total. The molecule has 2 aliphatic rings. The Kier molecular flexibility index (Phi) is 6.44. The van der Waals surface area contributed by atoms with Gasteiger partial charge in [0.1, 0.15) is 0 Å². The van der Waals surface area contributed by atoms with Gasteiger partial charge in [0.25, 0.3) is 17.4 Å². The fourth-order valence-electron chi connectivity index (χ4n) is 4.21. The minimum atomic E-state index is -0.444. The fourth-order valence-corrected chi connectivity index (χ4v) is 5.15. The van der Waals surface area contributed by atoms with Crippen molar-refractivity contribution in [1.82, 2.24) is 20.1 Å². The average molecular weight is 511 g/mol. The van der Waals surface area contributed by atoms with E-state index in [0.717, 1.165) is 12.8 Å². The van der Waals surface area contributed by atoms with Gasteiger partial charge < -0.3 is 15.5 Å². The minimum Gasteiger partial charge on any atom is -0.345 e. The summed E-state index contributed by atoms with van der Waals surface area (Å²) in [5.41, 5.74) is 0.899. The summed E-state index contributed by atoms with van der Waals surface area (Å²) in [5.74, 6) is -0.491. The van der Waals surface area contributed by atoms with Crippen LogP contribution in [0.1, 0.15) is 32.9 Å². The summed E-state index contributed by atoms with van der Waals surface area (Å²) in [6.45, 7) is 0.662. The monoisotopic (exact) mass is 510 g/mol. The molecule has 1 saturated heterocycles. The molecule has 2 atom stereocenters. The molecule has 2 aromatic heterocycles. The Morgan fingerprint density at radius 2 is 1.57 bits per heavy atom. The highest BCUT2D eigenvalue weighted by atomic mass is 35.5. The van der Waals surface area contributed by atoms with Crippen molar-refractivity contribution in [3.8, 4) is 5.69 Å². The zero-order valence-electron chi connectivity index (χ0n) is 18.6. The van der Waals surface area contributed by atoms with Crippen molar-refractivity contribution in [2.24, 2.45) is 5.92 Å². The Bertz CT molecular complexity index is 1330. The summed E-state index contributed by atoms with van der Waals surface area (Å²) >= 11 is 7.14. The predicted octanol–water partition coefficient (Wildman–Crippen LogP) is 2.70. The number of aromatic nitrogens is 1. The molecule has 3 amide bonds. The molecule has 1 aliphatic carbocycles. The van der Waals surface area contributed by atoms with Crippen LogP contribution in [0, 0.1) is 5.92 Å². The molecule has 1 aromatic carbocycles. The molecule has 1 saturated carbocycles. The maximum Gasteiger partial charge on any atom is 0.261 e. The predicted molar refractivity (Wildman–Crippen MR) is 133 cm³/mol. The fraction of sp³-hybridized carbons (Fsp3) is 0.280. The van der Waals surface area contributed by atoms with Crippen molar-refractivity contribution in [1.29, 1.82) is 0 Å². The highest BCUT2D eigenvalue weighted by Crippen LogP contribution is 2.32. The molecule has 3 aromatic rings. The highest BCUT2D eigenvalue weighted by Gasteiger charge is 2.42. The summed E-state index contributed by atoms with van der Waals surface area (Å²) in [5, 5.41) is 5.95. The summed E-state index contributed by atoms with van der Waals surface area (Å²) in [4.78, 5) is 52.7.